The Morgan fingerprint density at radius 2 is 2.17 bits per heavy atom. The van der Waals surface area contributed by atoms with Gasteiger partial charge in [0.15, 0.2) is 0 Å². The summed E-state index contributed by atoms with van der Waals surface area (Å²) in [6.45, 7) is 1.71. The molecule has 2 N–H and O–H groups in total. The number of hydrogen-bond donors (Lipinski definition) is 1. The molecule has 1 heterocycles. The normalized spacial score (nSPS) is 11.6. The van der Waals surface area contributed by atoms with Gasteiger partial charge in [0.05, 0.1) is 14.6 Å². The van der Waals surface area contributed by atoms with Crippen molar-refractivity contribution in [2.45, 2.75) is 13.0 Å². The fraction of sp³-hybridized carbons (Fsp3) is 0.417. The second-order valence-electron chi connectivity index (χ2n) is 4.53. The average molecular weight is 362 g/mol. The van der Waals surface area contributed by atoms with Crippen LogP contribution in [0.3, 0.4) is 0 Å². The van der Waals surface area contributed by atoms with E-state index < -0.39 is 0 Å². The van der Waals surface area contributed by atoms with Crippen molar-refractivity contribution in [3.8, 4) is 0 Å². The lowest BCUT2D eigenvalue weighted by atomic mass is 10.3. The number of anilines is 1. The molecule has 0 fully saturated rings. The van der Waals surface area contributed by atoms with Crippen LogP contribution in [-0.4, -0.2) is 35.1 Å². The number of hydrogen-bond acceptors (Lipinski definition) is 3. The fourth-order valence-electron chi connectivity index (χ4n) is 1.92. The van der Waals surface area contributed by atoms with Crippen LogP contribution < -0.4 is 5.73 Å². The molecule has 0 aliphatic rings. The molecule has 0 radical (unpaired) electrons. The Balaban J connectivity index is 2.31. The minimum absolute atomic E-state index is 0.225. The SMILES string of the molecule is CN(C)CCCn1c(N)nc2cc(I)c(F)cc21. The Morgan fingerprint density at radius 3 is 2.83 bits per heavy atom. The van der Waals surface area contributed by atoms with Crippen molar-refractivity contribution in [1.82, 2.24) is 14.5 Å². The number of fused-ring (bicyclic) bond motifs is 1. The maximum Gasteiger partial charge on any atom is 0.201 e. The molecule has 0 spiro atoms. The van der Waals surface area contributed by atoms with Crippen LogP contribution >= 0.6 is 22.6 Å². The van der Waals surface area contributed by atoms with Gasteiger partial charge in [-0.3, -0.25) is 0 Å². The van der Waals surface area contributed by atoms with Crippen LogP contribution in [0.15, 0.2) is 12.1 Å². The minimum Gasteiger partial charge on any atom is -0.369 e. The second kappa shape index (κ2) is 5.40. The molecule has 1 aromatic heterocycles. The van der Waals surface area contributed by atoms with Gasteiger partial charge in [-0.15, -0.1) is 0 Å². The van der Waals surface area contributed by atoms with E-state index in [1.807, 2.05) is 41.3 Å². The van der Waals surface area contributed by atoms with Crippen LogP contribution in [0.25, 0.3) is 11.0 Å². The predicted octanol–water partition coefficient (Wildman–Crippen LogP) is 2.31. The quantitative estimate of drug-likeness (QED) is 0.850. The Morgan fingerprint density at radius 1 is 1.44 bits per heavy atom. The van der Waals surface area contributed by atoms with E-state index in [2.05, 4.69) is 9.88 Å². The van der Waals surface area contributed by atoms with Crippen molar-refractivity contribution in [2.24, 2.45) is 0 Å². The number of nitrogens with zero attached hydrogens (tertiary/aromatic N) is 3. The number of imidazole rings is 1. The number of nitrogens with two attached hydrogens (primary N) is 1. The first-order chi connectivity index (χ1) is 8.49. The molecule has 0 unspecified atom stereocenters. The van der Waals surface area contributed by atoms with Crippen LogP contribution in [0, 0.1) is 9.39 Å². The molecule has 2 rings (SSSR count). The summed E-state index contributed by atoms with van der Waals surface area (Å²) in [6, 6.07) is 3.24. The monoisotopic (exact) mass is 362 g/mol. The molecule has 0 bridgehead atoms. The summed E-state index contributed by atoms with van der Waals surface area (Å²) in [5.41, 5.74) is 7.40. The lowest BCUT2D eigenvalue weighted by molar-refractivity contribution is 0.388. The standard InChI is InChI=1S/C12H16FIN4/c1-17(2)4-3-5-18-11-6-8(13)9(14)7-10(11)16-12(18)15/h6-7H,3-5H2,1-2H3,(H2,15,16). The van der Waals surface area contributed by atoms with Gasteiger partial charge in [-0.05, 0) is 55.7 Å². The van der Waals surface area contributed by atoms with Crippen molar-refractivity contribution in [1.29, 1.82) is 0 Å². The first-order valence-electron chi connectivity index (χ1n) is 5.74. The summed E-state index contributed by atoms with van der Waals surface area (Å²) in [4.78, 5) is 6.38. The Hall–Kier alpha value is -0.890. The fourth-order valence-corrected chi connectivity index (χ4v) is 2.37. The van der Waals surface area contributed by atoms with Gasteiger partial charge < -0.3 is 15.2 Å². The smallest absolute Gasteiger partial charge is 0.201 e. The zero-order valence-electron chi connectivity index (χ0n) is 10.5. The maximum atomic E-state index is 13.6. The molecule has 0 saturated carbocycles. The summed E-state index contributed by atoms with van der Waals surface area (Å²) in [7, 11) is 4.05. The zero-order valence-corrected chi connectivity index (χ0v) is 12.6. The highest BCUT2D eigenvalue weighted by atomic mass is 127. The summed E-state index contributed by atoms with van der Waals surface area (Å²) >= 11 is 1.96. The third-order valence-electron chi connectivity index (χ3n) is 2.81. The van der Waals surface area contributed by atoms with Gasteiger partial charge in [0, 0.05) is 12.6 Å². The molecule has 4 nitrogen and oxygen atoms in total. The average Bonchev–Trinajstić information content (AvgIpc) is 2.56. The molecule has 6 heteroatoms. The van der Waals surface area contributed by atoms with Crippen molar-refractivity contribution in [3.05, 3.63) is 21.5 Å². The number of halogens is 2. The summed E-state index contributed by atoms with van der Waals surface area (Å²) < 4.78 is 16.0. The van der Waals surface area contributed by atoms with E-state index >= 15 is 0 Å². The van der Waals surface area contributed by atoms with Crippen LogP contribution in [0.5, 0.6) is 0 Å². The van der Waals surface area contributed by atoms with E-state index in [9.17, 15) is 4.39 Å². The van der Waals surface area contributed by atoms with E-state index in [1.165, 1.54) is 6.07 Å². The number of nitrogen functional groups attached to an aromatic ring is 1. The summed E-state index contributed by atoms with van der Waals surface area (Å²) in [6.07, 6.45) is 0.955. The van der Waals surface area contributed by atoms with E-state index in [4.69, 9.17) is 5.73 Å². The first kappa shape index (κ1) is 13.5. The lowest BCUT2D eigenvalue weighted by Crippen LogP contribution is -2.15. The van der Waals surface area contributed by atoms with Crippen molar-refractivity contribution in [2.75, 3.05) is 26.4 Å². The molecule has 1 aromatic carbocycles. The summed E-state index contributed by atoms with van der Waals surface area (Å²) in [5, 5.41) is 0. The van der Waals surface area contributed by atoms with Gasteiger partial charge >= 0.3 is 0 Å². The van der Waals surface area contributed by atoms with E-state index in [1.54, 1.807) is 6.07 Å². The molecule has 0 saturated heterocycles. The van der Waals surface area contributed by atoms with Gasteiger partial charge in [0.1, 0.15) is 5.82 Å². The highest BCUT2D eigenvalue weighted by molar-refractivity contribution is 14.1. The maximum absolute atomic E-state index is 13.6. The van der Waals surface area contributed by atoms with Crippen LogP contribution in [-0.2, 0) is 6.54 Å². The molecule has 0 aliphatic heterocycles. The Kier molecular flexibility index (Phi) is 4.06. The molecular formula is C12H16FIN4. The highest BCUT2D eigenvalue weighted by Crippen LogP contribution is 2.23. The number of rotatable bonds is 4. The molecule has 18 heavy (non-hydrogen) atoms. The Labute approximate surface area is 119 Å². The lowest BCUT2D eigenvalue weighted by Gasteiger charge is -2.11. The number of aryl methyl sites for hydroxylation is 1. The highest BCUT2D eigenvalue weighted by Gasteiger charge is 2.11. The summed E-state index contributed by atoms with van der Waals surface area (Å²) in [5.74, 6) is 0.224. The zero-order chi connectivity index (χ0) is 13.3. The third kappa shape index (κ3) is 2.74. The van der Waals surface area contributed by atoms with E-state index in [0.717, 1.165) is 30.5 Å². The van der Waals surface area contributed by atoms with Crippen molar-refractivity contribution >= 4 is 39.6 Å². The molecule has 0 atom stereocenters. The van der Waals surface area contributed by atoms with Gasteiger partial charge in [-0.1, -0.05) is 0 Å². The molecule has 2 aromatic rings. The van der Waals surface area contributed by atoms with Crippen LogP contribution in [0.1, 0.15) is 6.42 Å². The van der Waals surface area contributed by atoms with Gasteiger partial charge in [-0.2, -0.15) is 0 Å². The van der Waals surface area contributed by atoms with E-state index in [-0.39, 0.29) is 5.82 Å². The molecular weight excluding hydrogens is 346 g/mol. The van der Waals surface area contributed by atoms with Crippen molar-refractivity contribution in [3.63, 3.8) is 0 Å². The van der Waals surface area contributed by atoms with Gasteiger partial charge in [-0.25, -0.2) is 9.37 Å². The predicted molar refractivity (Wildman–Crippen MR) is 80.0 cm³/mol. The Bertz CT molecular complexity index is 565. The molecule has 0 amide bonds. The second-order valence-corrected chi connectivity index (χ2v) is 5.70. The topological polar surface area (TPSA) is 47.1 Å². The number of benzene rings is 1. The first-order valence-corrected chi connectivity index (χ1v) is 6.82. The number of aromatic nitrogens is 2. The molecule has 0 aliphatic carbocycles. The largest absolute Gasteiger partial charge is 0.369 e. The van der Waals surface area contributed by atoms with Crippen LogP contribution in [0.2, 0.25) is 0 Å². The minimum atomic E-state index is -0.225. The van der Waals surface area contributed by atoms with Crippen LogP contribution in [0.4, 0.5) is 10.3 Å². The van der Waals surface area contributed by atoms with Crippen molar-refractivity contribution < 1.29 is 4.39 Å². The van der Waals surface area contributed by atoms with Gasteiger partial charge in [0.2, 0.25) is 5.95 Å². The molecule has 98 valence electrons. The van der Waals surface area contributed by atoms with Gasteiger partial charge in [0.25, 0.3) is 0 Å². The third-order valence-corrected chi connectivity index (χ3v) is 3.63. The van der Waals surface area contributed by atoms with E-state index in [0.29, 0.717) is 9.52 Å².